The van der Waals surface area contributed by atoms with E-state index in [4.69, 9.17) is 0 Å². The molecule has 148 valence electrons. The van der Waals surface area contributed by atoms with Crippen molar-refractivity contribution in [1.82, 2.24) is 4.57 Å². The molecule has 2 heterocycles. The minimum absolute atomic E-state index is 0.261. The van der Waals surface area contributed by atoms with E-state index >= 15 is 0 Å². The summed E-state index contributed by atoms with van der Waals surface area (Å²) in [6.07, 6.45) is 1.87. The molecule has 1 aliphatic heterocycles. The molecule has 0 saturated heterocycles. The lowest BCUT2D eigenvalue weighted by molar-refractivity contribution is 0.0697. The molecule has 0 atom stereocenters. The summed E-state index contributed by atoms with van der Waals surface area (Å²) in [7, 11) is 0. The number of aromatic nitrogens is 1. The topological polar surface area (TPSA) is 54.6 Å². The van der Waals surface area contributed by atoms with Crippen LogP contribution in [0.15, 0.2) is 59.6 Å². The number of carbonyl (C=O) groups is 1. The molecule has 5 heteroatoms. The average Bonchev–Trinajstić information content (AvgIpc) is 3.27. The summed E-state index contributed by atoms with van der Waals surface area (Å²) in [5, 5.41) is 10.4. The molecular weight excluding hydrogens is 379 g/mol. The van der Waals surface area contributed by atoms with E-state index in [9.17, 15) is 14.3 Å². The molecular formula is C25H19FN2O2. The van der Waals surface area contributed by atoms with Gasteiger partial charge in [0, 0.05) is 28.5 Å². The maximum atomic E-state index is 14.0. The summed E-state index contributed by atoms with van der Waals surface area (Å²) in [5.74, 6) is -1.24. The number of rotatable bonds is 3. The van der Waals surface area contributed by atoms with Gasteiger partial charge in [0.2, 0.25) is 0 Å². The molecule has 0 spiro atoms. The Morgan fingerprint density at radius 1 is 1.10 bits per heavy atom. The summed E-state index contributed by atoms with van der Waals surface area (Å²) >= 11 is 0. The number of halogens is 1. The summed E-state index contributed by atoms with van der Waals surface area (Å²) in [5.41, 5.74) is 8.06. The number of hydrogen-bond donors (Lipinski definition) is 1. The molecule has 0 bridgehead atoms. The second kappa shape index (κ2) is 6.66. The van der Waals surface area contributed by atoms with Crippen LogP contribution in [0.1, 0.15) is 32.7 Å². The van der Waals surface area contributed by atoms with Crippen molar-refractivity contribution < 1.29 is 14.3 Å². The molecule has 4 nitrogen and oxygen atoms in total. The van der Waals surface area contributed by atoms with Gasteiger partial charge < -0.3 is 9.67 Å². The van der Waals surface area contributed by atoms with Crippen LogP contribution in [-0.4, -0.2) is 21.9 Å². The molecule has 5 rings (SSSR count). The monoisotopic (exact) mass is 398 g/mol. The fraction of sp³-hybridized carbons (Fsp3) is 0.120. The van der Waals surface area contributed by atoms with Gasteiger partial charge in [-0.15, -0.1) is 0 Å². The Labute approximate surface area is 172 Å². The molecule has 0 unspecified atom stereocenters. The standard InChI is InChI=1S/C25H19FN2O2/c1-14-8-16(25(29)30)6-7-21(14)24-15(2)28(20-5-3-4-19(26)11-20)23-10-18-13-27-12-17(18)9-22(23)24/h3-11,13H,12H2,1-2H3,(H,29,30). The zero-order chi connectivity index (χ0) is 21.0. The predicted octanol–water partition coefficient (Wildman–Crippen LogP) is 5.68. The van der Waals surface area contributed by atoms with Gasteiger partial charge in [-0.2, -0.15) is 0 Å². The summed E-state index contributed by atoms with van der Waals surface area (Å²) < 4.78 is 16.1. The third kappa shape index (κ3) is 2.74. The fourth-order valence-electron chi connectivity index (χ4n) is 4.39. The minimum atomic E-state index is -0.946. The van der Waals surface area contributed by atoms with Gasteiger partial charge in [-0.25, -0.2) is 9.18 Å². The maximum Gasteiger partial charge on any atom is 0.335 e. The van der Waals surface area contributed by atoms with Crippen molar-refractivity contribution in [2.45, 2.75) is 20.4 Å². The summed E-state index contributed by atoms with van der Waals surface area (Å²) in [4.78, 5) is 15.8. The van der Waals surface area contributed by atoms with E-state index in [2.05, 4.69) is 21.7 Å². The fourth-order valence-corrected chi connectivity index (χ4v) is 4.39. The number of aromatic carboxylic acids is 1. The van der Waals surface area contributed by atoms with Crippen molar-refractivity contribution in [2.24, 2.45) is 4.99 Å². The van der Waals surface area contributed by atoms with Gasteiger partial charge in [0.25, 0.3) is 0 Å². The van der Waals surface area contributed by atoms with Crippen LogP contribution in [0.3, 0.4) is 0 Å². The third-order valence-corrected chi connectivity index (χ3v) is 5.77. The van der Waals surface area contributed by atoms with Gasteiger partial charge >= 0.3 is 5.97 Å². The molecule has 1 aromatic heterocycles. The van der Waals surface area contributed by atoms with E-state index in [0.29, 0.717) is 6.54 Å². The predicted molar refractivity (Wildman–Crippen MR) is 116 cm³/mol. The molecule has 0 fully saturated rings. The first-order chi connectivity index (χ1) is 14.4. The Hall–Kier alpha value is -3.73. The van der Waals surface area contributed by atoms with Gasteiger partial charge in [0.1, 0.15) is 5.82 Å². The molecule has 4 aromatic rings. The van der Waals surface area contributed by atoms with Crippen LogP contribution in [0.5, 0.6) is 0 Å². The van der Waals surface area contributed by atoms with Gasteiger partial charge in [0.05, 0.1) is 17.6 Å². The van der Waals surface area contributed by atoms with Crippen molar-refractivity contribution in [2.75, 3.05) is 0 Å². The van der Waals surface area contributed by atoms with Gasteiger partial charge in [-0.3, -0.25) is 4.99 Å². The van der Waals surface area contributed by atoms with Crippen molar-refractivity contribution in [1.29, 1.82) is 0 Å². The van der Waals surface area contributed by atoms with Crippen molar-refractivity contribution in [3.63, 3.8) is 0 Å². The Morgan fingerprint density at radius 2 is 1.93 bits per heavy atom. The third-order valence-electron chi connectivity index (χ3n) is 5.77. The average molecular weight is 398 g/mol. The quantitative estimate of drug-likeness (QED) is 0.482. The van der Waals surface area contributed by atoms with Crippen molar-refractivity contribution in [3.8, 4) is 16.8 Å². The lowest BCUT2D eigenvalue weighted by Gasteiger charge is -2.11. The number of carboxylic acid groups (broad SMARTS) is 1. The lowest BCUT2D eigenvalue weighted by Crippen LogP contribution is -1.99. The largest absolute Gasteiger partial charge is 0.478 e. The second-order valence-corrected chi connectivity index (χ2v) is 7.65. The highest BCUT2D eigenvalue weighted by molar-refractivity contribution is 6.03. The molecule has 0 aliphatic carbocycles. The molecule has 1 aliphatic rings. The molecule has 0 amide bonds. The number of nitrogens with zero attached hydrogens (tertiary/aromatic N) is 2. The first-order valence-corrected chi connectivity index (χ1v) is 9.72. The zero-order valence-corrected chi connectivity index (χ0v) is 16.6. The van der Waals surface area contributed by atoms with E-state index in [1.165, 1.54) is 12.1 Å². The van der Waals surface area contributed by atoms with Gasteiger partial charge in [-0.05, 0) is 78.6 Å². The molecule has 30 heavy (non-hydrogen) atoms. The first kappa shape index (κ1) is 18.3. The first-order valence-electron chi connectivity index (χ1n) is 9.72. The van der Waals surface area contributed by atoms with E-state index in [0.717, 1.165) is 50.1 Å². The van der Waals surface area contributed by atoms with Crippen LogP contribution >= 0.6 is 0 Å². The van der Waals surface area contributed by atoms with Crippen LogP contribution in [0.25, 0.3) is 27.7 Å². The Bertz CT molecular complexity index is 1380. The Morgan fingerprint density at radius 3 is 2.67 bits per heavy atom. The highest BCUT2D eigenvalue weighted by atomic mass is 19.1. The van der Waals surface area contributed by atoms with Crippen LogP contribution in [0.2, 0.25) is 0 Å². The normalized spacial score (nSPS) is 12.5. The SMILES string of the molecule is Cc1cc(C(=O)O)ccc1-c1c(C)n(-c2cccc(F)c2)c2cc3c(cc12)CN=C3. The molecule has 0 saturated carbocycles. The maximum absolute atomic E-state index is 14.0. The molecule has 3 aromatic carbocycles. The van der Waals surface area contributed by atoms with Crippen LogP contribution in [0, 0.1) is 19.7 Å². The summed E-state index contributed by atoms with van der Waals surface area (Å²) in [6, 6.07) is 16.0. The number of aliphatic imine (C=N–C) groups is 1. The van der Waals surface area contributed by atoms with Crippen LogP contribution in [-0.2, 0) is 6.54 Å². The molecule has 1 N–H and O–H groups in total. The Balaban J connectivity index is 1.85. The molecule has 0 radical (unpaired) electrons. The lowest BCUT2D eigenvalue weighted by atomic mass is 9.95. The smallest absolute Gasteiger partial charge is 0.335 e. The number of benzene rings is 3. The van der Waals surface area contributed by atoms with Crippen molar-refractivity contribution in [3.05, 3.63) is 88.4 Å². The highest BCUT2D eigenvalue weighted by Crippen LogP contribution is 2.40. The van der Waals surface area contributed by atoms with E-state index < -0.39 is 5.97 Å². The van der Waals surface area contributed by atoms with E-state index in [-0.39, 0.29) is 11.4 Å². The number of aryl methyl sites for hydroxylation is 1. The minimum Gasteiger partial charge on any atom is -0.478 e. The van der Waals surface area contributed by atoms with E-state index in [1.54, 1.807) is 18.2 Å². The summed E-state index contributed by atoms with van der Waals surface area (Å²) in [6.45, 7) is 4.58. The van der Waals surface area contributed by atoms with Gasteiger partial charge in [0.15, 0.2) is 0 Å². The number of carboxylic acids is 1. The zero-order valence-electron chi connectivity index (χ0n) is 16.6. The highest BCUT2D eigenvalue weighted by Gasteiger charge is 2.21. The second-order valence-electron chi connectivity index (χ2n) is 7.65. The number of hydrogen-bond acceptors (Lipinski definition) is 2. The van der Waals surface area contributed by atoms with Crippen LogP contribution < -0.4 is 0 Å². The number of fused-ring (bicyclic) bond motifs is 2. The van der Waals surface area contributed by atoms with Crippen molar-refractivity contribution >= 4 is 23.1 Å². The van der Waals surface area contributed by atoms with E-state index in [1.807, 2.05) is 32.2 Å². The van der Waals surface area contributed by atoms with Gasteiger partial charge in [-0.1, -0.05) is 12.1 Å². The van der Waals surface area contributed by atoms with Crippen LogP contribution in [0.4, 0.5) is 4.39 Å². The Kier molecular flexibility index (Phi) is 4.07.